The van der Waals surface area contributed by atoms with Gasteiger partial charge in [-0.1, -0.05) is 30.3 Å². The second-order valence-corrected chi connectivity index (χ2v) is 5.47. The number of hydrogen-bond donors (Lipinski definition) is 2. The van der Waals surface area contributed by atoms with Crippen LogP contribution in [0.3, 0.4) is 0 Å². The first-order chi connectivity index (χ1) is 10.5. The summed E-state index contributed by atoms with van der Waals surface area (Å²) in [7, 11) is 0. The lowest BCUT2D eigenvalue weighted by atomic mass is 10.1. The molecule has 0 radical (unpaired) electrons. The van der Waals surface area contributed by atoms with Crippen molar-refractivity contribution < 1.29 is 9.90 Å². The van der Waals surface area contributed by atoms with Gasteiger partial charge in [0.15, 0.2) is 0 Å². The van der Waals surface area contributed by atoms with E-state index in [1.54, 1.807) is 19.1 Å². The fourth-order valence-corrected chi connectivity index (χ4v) is 2.46. The molecular weight excluding hydrogens is 274 g/mol. The second kappa shape index (κ2) is 5.53. The van der Waals surface area contributed by atoms with Gasteiger partial charge >= 0.3 is 0 Å². The van der Waals surface area contributed by atoms with Gasteiger partial charge in [0.05, 0.1) is 0 Å². The molecule has 0 aliphatic rings. The van der Waals surface area contributed by atoms with Crippen LogP contribution in [0.25, 0.3) is 10.8 Å². The van der Waals surface area contributed by atoms with Gasteiger partial charge in [0.1, 0.15) is 5.75 Å². The van der Waals surface area contributed by atoms with Gasteiger partial charge in [-0.05, 0) is 60.0 Å². The van der Waals surface area contributed by atoms with Crippen LogP contribution in [0.2, 0.25) is 0 Å². The maximum atomic E-state index is 12.4. The quantitative estimate of drug-likeness (QED) is 0.687. The number of phenols is 1. The van der Waals surface area contributed by atoms with Crippen molar-refractivity contribution in [2.24, 2.45) is 0 Å². The van der Waals surface area contributed by atoms with Gasteiger partial charge in [0, 0.05) is 11.3 Å². The van der Waals surface area contributed by atoms with Crippen LogP contribution in [0.4, 0.5) is 5.69 Å². The van der Waals surface area contributed by atoms with E-state index < -0.39 is 0 Å². The SMILES string of the molecule is Cc1cc(NC(=O)c2ccc3ccccc3c2)c(C)cc1O. The molecule has 0 saturated heterocycles. The Hall–Kier alpha value is -2.81. The number of benzene rings is 3. The van der Waals surface area contributed by atoms with E-state index in [4.69, 9.17) is 0 Å². The Morgan fingerprint density at radius 3 is 2.41 bits per heavy atom. The van der Waals surface area contributed by atoms with Crippen LogP contribution in [0.5, 0.6) is 5.75 Å². The van der Waals surface area contributed by atoms with Crippen molar-refractivity contribution >= 4 is 22.4 Å². The van der Waals surface area contributed by atoms with Crippen molar-refractivity contribution in [3.8, 4) is 5.75 Å². The molecule has 3 heteroatoms. The summed E-state index contributed by atoms with van der Waals surface area (Å²) in [5.41, 5.74) is 2.90. The predicted octanol–water partition coefficient (Wildman–Crippen LogP) is 4.41. The average molecular weight is 291 g/mol. The minimum atomic E-state index is -0.154. The van der Waals surface area contributed by atoms with Crippen LogP contribution < -0.4 is 5.32 Å². The highest BCUT2D eigenvalue weighted by Gasteiger charge is 2.10. The molecular formula is C19H17NO2. The number of carbonyl (C=O) groups is 1. The molecule has 3 nitrogen and oxygen atoms in total. The van der Waals surface area contributed by atoms with Crippen molar-refractivity contribution in [1.29, 1.82) is 0 Å². The maximum absolute atomic E-state index is 12.4. The highest BCUT2D eigenvalue weighted by atomic mass is 16.3. The summed E-state index contributed by atoms with van der Waals surface area (Å²) < 4.78 is 0. The first-order valence-corrected chi connectivity index (χ1v) is 7.15. The van der Waals surface area contributed by atoms with Crippen LogP contribution in [-0.2, 0) is 0 Å². The molecule has 3 rings (SSSR count). The number of amides is 1. The van der Waals surface area contributed by atoms with E-state index in [2.05, 4.69) is 5.32 Å². The van der Waals surface area contributed by atoms with Crippen LogP contribution in [-0.4, -0.2) is 11.0 Å². The van der Waals surface area contributed by atoms with E-state index in [1.807, 2.05) is 49.4 Å². The summed E-state index contributed by atoms with van der Waals surface area (Å²) in [5.74, 6) is 0.0835. The highest BCUT2D eigenvalue weighted by molar-refractivity contribution is 6.06. The number of fused-ring (bicyclic) bond motifs is 1. The number of carbonyl (C=O) groups excluding carboxylic acids is 1. The van der Waals surface area contributed by atoms with E-state index in [1.165, 1.54) is 0 Å². The number of rotatable bonds is 2. The first kappa shape index (κ1) is 14.1. The van der Waals surface area contributed by atoms with Gasteiger partial charge in [-0.25, -0.2) is 0 Å². The average Bonchev–Trinajstić information content (AvgIpc) is 2.52. The molecule has 0 aromatic heterocycles. The van der Waals surface area contributed by atoms with Gasteiger partial charge < -0.3 is 10.4 Å². The van der Waals surface area contributed by atoms with Gasteiger partial charge in [-0.2, -0.15) is 0 Å². The maximum Gasteiger partial charge on any atom is 0.255 e. The third-order valence-corrected chi connectivity index (χ3v) is 3.80. The summed E-state index contributed by atoms with van der Waals surface area (Å²) in [6.45, 7) is 3.66. The van der Waals surface area contributed by atoms with Gasteiger partial charge in [0.2, 0.25) is 0 Å². The molecule has 0 fully saturated rings. The molecule has 0 bridgehead atoms. The lowest BCUT2D eigenvalue weighted by Gasteiger charge is -2.11. The summed E-state index contributed by atoms with van der Waals surface area (Å²) in [6.07, 6.45) is 0. The molecule has 1 amide bonds. The molecule has 0 heterocycles. The Balaban J connectivity index is 1.91. The third kappa shape index (κ3) is 2.66. The largest absolute Gasteiger partial charge is 0.508 e. The Morgan fingerprint density at radius 2 is 1.64 bits per heavy atom. The molecule has 2 N–H and O–H groups in total. The molecule has 0 aliphatic carbocycles. The lowest BCUT2D eigenvalue weighted by Crippen LogP contribution is -2.12. The minimum absolute atomic E-state index is 0.154. The standard InChI is InChI=1S/C19H17NO2/c1-12-10-18(21)13(2)9-17(12)20-19(22)16-8-7-14-5-3-4-6-15(14)11-16/h3-11,21H,1-2H3,(H,20,22). The number of phenolic OH excluding ortho intramolecular Hbond substituents is 1. The van der Waals surface area contributed by atoms with Crippen molar-refractivity contribution in [3.63, 3.8) is 0 Å². The van der Waals surface area contributed by atoms with Gasteiger partial charge in [-0.3, -0.25) is 4.79 Å². The molecule has 110 valence electrons. The Morgan fingerprint density at radius 1 is 0.909 bits per heavy atom. The summed E-state index contributed by atoms with van der Waals surface area (Å²) >= 11 is 0. The molecule has 3 aromatic carbocycles. The zero-order chi connectivity index (χ0) is 15.7. The number of hydrogen-bond acceptors (Lipinski definition) is 2. The second-order valence-electron chi connectivity index (χ2n) is 5.47. The van der Waals surface area contributed by atoms with Crippen molar-refractivity contribution in [2.45, 2.75) is 13.8 Å². The Kier molecular flexibility index (Phi) is 3.55. The number of nitrogens with one attached hydrogen (secondary N) is 1. The summed E-state index contributed by atoms with van der Waals surface area (Å²) in [6, 6.07) is 17.0. The molecule has 3 aromatic rings. The zero-order valence-corrected chi connectivity index (χ0v) is 12.6. The monoisotopic (exact) mass is 291 g/mol. The minimum Gasteiger partial charge on any atom is -0.508 e. The molecule has 0 unspecified atom stereocenters. The van der Waals surface area contributed by atoms with E-state index >= 15 is 0 Å². The van der Waals surface area contributed by atoms with Gasteiger partial charge in [0.25, 0.3) is 5.91 Å². The van der Waals surface area contributed by atoms with Gasteiger partial charge in [-0.15, -0.1) is 0 Å². The third-order valence-electron chi connectivity index (χ3n) is 3.80. The topological polar surface area (TPSA) is 49.3 Å². The first-order valence-electron chi connectivity index (χ1n) is 7.15. The summed E-state index contributed by atoms with van der Waals surface area (Å²) in [5, 5.41) is 14.7. The molecule has 0 atom stereocenters. The number of aryl methyl sites for hydroxylation is 2. The Labute approximate surface area is 129 Å². The molecule has 0 saturated carbocycles. The summed E-state index contributed by atoms with van der Waals surface area (Å²) in [4.78, 5) is 12.4. The zero-order valence-electron chi connectivity index (χ0n) is 12.6. The van der Waals surface area contributed by atoms with Crippen LogP contribution in [0.1, 0.15) is 21.5 Å². The van der Waals surface area contributed by atoms with Crippen molar-refractivity contribution in [2.75, 3.05) is 5.32 Å². The smallest absolute Gasteiger partial charge is 0.255 e. The van der Waals surface area contributed by atoms with Crippen molar-refractivity contribution in [1.82, 2.24) is 0 Å². The Bertz CT molecular complexity index is 868. The predicted molar refractivity (Wildman–Crippen MR) is 89.5 cm³/mol. The van der Waals surface area contributed by atoms with E-state index in [-0.39, 0.29) is 11.7 Å². The van der Waals surface area contributed by atoms with Crippen LogP contribution >= 0.6 is 0 Å². The van der Waals surface area contributed by atoms with Crippen LogP contribution in [0.15, 0.2) is 54.6 Å². The highest BCUT2D eigenvalue weighted by Crippen LogP contribution is 2.25. The number of anilines is 1. The van der Waals surface area contributed by atoms with E-state index in [9.17, 15) is 9.90 Å². The van der Waals surface area contributed by atoms with Crippen LogP contribution in [0, 0.1) is 13.8 Å². The normalized spacial score (nSPS) is 10.6. The lowest BCUT2D eigenvalue weighted by molar-refractivity contribution is 0.102. The fraction of sp³-hybridized carbons (Fsp3) is 0.105. The molecule has 0 aliphatic heterocycles. The van der Waals surface area contributed by atoms with E-state index in [0.29, 0.717) is 11.3 Å². The van der Waals surface area contributed by atoms with E-state index in [0.717, 1.165) is 21.9 Å². The molecule has 22 heavy (non-hydrogen) atoms. The van der Waals surface area contributed by atoms with Crippen molar-refractivity contribution in [3.05, 3.63) is 71.3 Å². The number of aromatic hydroxyl groups is 1. The molecule has 0 spiro atoms. The fourth-order valence-electron chi connectivity index (χ4n) is 2.46.